The van der Waals surface area contributed by atoms with Gasteiger partial charge in [0.1, 0.15) is 6.10 Å². The molecule has 0 aromatic carbocycles. The maximum Gasteiger partial charge on any atom is 0.110 e. The smallest absolute Gasteiger partial charge is 0.110 e. The Bertz CT molecular complexity index is 185. The normalized spacial score (nSPS) is 38.1. The van der Waals surface area contributed by atoms with E-state index in [1.54, 1.807) is 0 Å². The summed E-state index contributed by atoms with van der Waals surface area (Å²) >= 11 is 0. The molecule has 1 N–H and O–H groups in total. The van der Waals surface area contributed by atoms with Crippen molar-refractivity contribution in [1.82, 2.24) is 5.32 Å². The Morgan fingerprint density at radius 3 is 2.92 bits per heavy atom. The minimum absolute atomic E-state index is 0.418. The van der Waals surface area contributed by atoms with Crippen molar-refractivity contribution in [1.29, 1.82) is 0 Å². The fourth-order valence-corrected chi connectivity index (χ4v) is 2.10. The van der Waals surface area contributed by atoms with Crippen LogP contribution in [0.15, 0.2) is 12.3 Å². The van der Waals surface area contributed by atoms with Gasteiger partial charge in [0, 0.05) is 12.6 Å². The molecule has 2 nitrogen and oxygen atoms in total. The van der Waals surface area contributed by atoms with E-state index in [-0.39, 0.29) is 0 Å². The summed E-state index contributed by atoms with van der Waals surface area (Å²) in [5, 5.41) is 3.56. The molecular weight excluding hydrogens is 162 g/mol. The molecule has 0 bridgehead atoms. The molecule has 0 aromatic rings. The predicted molar refractivity (Wildman–Crippen MR) is 53.4 cm³/mol. The third kappa shape index (κ3) is 2.47. The van der Waals surface area contributed by atoms with Gasteiger partial charge in [-0.05, 0) is 37.7 Å². The lowest BCUT2D eigenvalue weighted by Crippen LogP contribution is -2.43. The van der Waals surface area contributed by atoms with E-state index in [2.05, 4.69) is 18.3 Å². The van der Waals surface area contributed by atoms with Crippen molar-refractivity contribution in [3.63, 3.8) is 0 Å². The lowest BCUT2D eigenvalue weighted by Gasteiger charge is -2.34. The van der Waals surface area contributed by atoms with Crippen molar-refractivity contribution in [2.45, 2.75) is 44.8 Å². The van der Waals surface area contributed by atoms with Crippen LogP contribution in [0.3, 0.4) is 0 Å². The molecule has 1 atom stereocenters. The minimum Gasteiger partial charge on any atom is -0.497 e. The van der Waals surface area contributed by atoms with Gasteiger partial charge in [-0.1, -0.05) is 6.92 Å². The van der Waals surface area contributed by atoms with Gasteiger partial charge < -0.3 is 10.1 Å². The number of allylic oxidation sites excluding steroid dienone is 1. The van der Waals surface area contributed by atoms with Gasteiger partial charge in [-0.15, -0.1) is 0 Å². The van der Waals surface area contributed by atoms with Gasteiger partial charge in [-0.2, -0.15) is 0 Å². The molecule has 2 rings (SSSR count). The van der Waals surface area contributed by atoms with E-state index in [9.17, 15) is 0 Å². The molecule has 0 saturated heterocycles. The fraction of sp³-hybridized carbons (Fsp3) is 0.818. The molecule has 0 radical (unpaired) electrons. The Morgan fingerprint density at radius 2 is 2.31 bits per heavy atom. The second-order valence-corrected chi connectivity index (χ2v) is 4.39. The highest BCUT2D eigenvalue weighted by Gasteiger charge is 2.25. The molecule has 1 aliphatic heterocycles. The summed E-state index contributed by atoms with van der Waals surface area (Å²) in [6, 6.07) is 0.768. The van der Waals surface area contributed by atoms with Crippen LogP contribution in [0.25, 0.3) is 0 Å². The number of hydrogen-bond donors (Lipinski definition) is 1. The van der Waals surface area contributed by atoms with Crippen LogP contribution in [0.1, 0.15) is 32.6 Å². The molecule has 1 unspecified atom stereocenters. The highest BCUT2D eigenvalue weighted by molar-refractivity contribution is 4.86. The molecule has 0 amide bonds. The summed E-state index contributed by atoms with van der Waals surface area (Å²) < 4.78 is 5.48. The second-order valence-electron chi connectivity index (χ2n) is 4.39. The second kappa shape index (κ2) is 4.14. The van der Waals surface area contributed by atoms with Crippen molar-refractivity contribution in [3.05, 3.63) is 12.3 Å². The molecule has 13 heavy (non-hydrogen) atoms. The SMILES string of the molecule is CC1CC(NCC2CCC=CO2)C1. The number of ether oxygens (including phenoxy) is 1. The lowest BCUT2D eigenvalue weighted by molar-refractivity contribution is 0.109. The summed E-state index contributed by atoms with van der Waals surface area (Å²) in [6.07, 6.45) is 9.41. The summed E-state index contributed by atoms with van der Waals surface area (Å²) in [4.78, 5) is 0. The summed E-state index contributed by atoms with van der Waals surface area (Å²) in [7, 11) is 0. The molecule has 2 aliphatic rings. The molecule has 1 fully saturated rings. The van der Waals surface area contributed by atoms with E-state index in [0.29, 0.717) is 6.10 Å². The standard InChI is InChI=1S/C11H19NO/c1-9-6-10(7-9)12-8-11-4-2-3-5-13-11/h3,5,9-12H,2,4,6-8H2,1H3. The Morgan fingerprint density at radius 1 is 1.46 bits per heavy atom. The Kier molecular flexibility index (Phi) is 2.89. The van der Waals surface area contributed by atoms with Crippen LogP contribution in [-0.4, -0.2) is 18.7 Å². The minimum atomic E-state index is 0.418. The van der Waals surface area contributed by atoms with Crippen LogP contribution >= 0.6 is 0 Å². The van der Waals surface area contributed by atoms with Crippen LogP contribution in [-0.2, 0) is 4.74 Å². The molecule has 1 heterocycles. The zero-order valence-corrected chi connectivity index (χ0v) is 8.33. The van der Waals surface area contributed by atoms with Crippen molar-refractivity contribution >= 4 is 0 Å². The molecule has 0 spiro atoms. The van der Waals surface area contributed by atoms with Gasteiger partial charge in [0.05, 0.1) is 6.26 Å². The predicted octanol–water partition coefficient (Wildman–Crippen LogP) is 2.07. The van der Waals surface area contributed by atoms with Crippen LogP contribution < -0.4 is 5.32 Å². The van der Waals surface area contributed by atoms with E-state index in [0.717, 1.165) is 18.5 Å². The highest BCUT2D eigenvalue weighted by atomic mass is 16.5. The largest absolute Gasteiger partial charge is 0.497 e. The maximum absolute atomic E-state index is 5.48. The molecule has 74 valence electrons. The van der Waals surface area contributed by atoms with Crippen molar-refractivity contribution in [2.24, 2.45) is 5.92 Å². The highest BCUT2D eigenvalue weighted by Crippen LogP contribution is 2.26. The van der Waals surface area contributed by atoms with Crippen molar-refractivity contribution < 1.29 is 4.74 Å². The molecule has 0 aromatic heterocycles. The summed E-state index contributed by atoms with van der Waals surface area (Å²) in [5.41, 5.74) is 0. The van der Waals surface area contributed by atoms with Crippen LogP contribution in [0.5, 0.6) is 0 Å². The van der Waals surface area contributed by atoms with E-state index < -0.39 is 0 Å². The van der Waals surface area contributed by atoms with E-state index in [1.165, 1.54) is 25.7 Å². The van der Waals surface area contributed by atoms with Gasteiger partial charge in [0.15, 0.2) is 0 Å². The number of rotatable bonds is 3. The zero-order chi connectivity index (χ0) is 9.10. The first-order chi connectivity index (χ1) is 6.34. The summed E-state index contributed by atoms with van der Waals surface area (Å²) in [5.74, 6) is 0.935. The number of hydrogen-bond acceptors (Lipinski definition) is 2. The first-order valence-corrected chi connectivity index (χ1v) is 5.38. The van der Waals surface area contributed by atoms with Gasteiger partial charge in [-0.25, -0.2) is 0 Å². The van der Waals surface area contributed by atoms with Crippen molar-refractivity contribution in [2.75, 3.05) is 6.54 Å². The van der Waals surface area contributed by atoms with Crippen LogP contribution in [0.2, 0.25) is 0 Å². The maximum atomic E-state index is 5.48. The van der Waals surface area contributed by atoms with Crippen LogP contribution in [0, 0.1) is 5.92 Å². The average Bonchev–Trinajstić information content (AvgIpc) is 2.12. The average molecular weight is 181 g/mol. The molecule has 1 saturated carbocycles. The van der Waals surface area contributed by atoms with Gasteiger partial charge in [-0.3, -0.25) is 0 Å². The number of nitrogens with one attached hydrogen (secondary N) is 1. The third-order valence-corrected chi connectivity index (χ3v) is 3.03. The van der Waals surface area contributed by atoms with Gasteiger partial charge >= 0.3 is 0 Å². The molecule has 1 aliphatic carbocycles. The van der Waals surface area contributed by atoms with Crippen LogP contribution in [0.4, 0.5) is 0 Å². The Balaban J connectivity index is 1.60. The zero-order valence-electron chi connectivity index (χ0n) is 8.33. The van der Waals surface area contributed by atoms with Gasteiger partial charge in [0.2, 0.25) is 0 Å². The Hall–Kier alpha value is -0.500. The quantitative estimate of drug-likeness (QED) is 0.719. The third-order valence-electron chi connectivity index (χ3n) is 3.03. The van der Waals surface area contributed by atoms with Gasteiger partial charge in [0.25, 0.3) is 0 Å². The Labute approximate surface area is 80.4 Å². The first kappa shape index (κ1) is 9.07. The monoisotopic (exact) mass is 181 g/mol. The van der Waals surface area contributed by atoms with E-state index in [4.69, 9.17) is 4.74 Å². The topological polar surface area (TPSA) is 21.3 Å². The molecule has 2 heteroatoms. The van der Waals surface area contributed by atoms with E-state index >= 15 is 0 Å². The first-order valence-electron chi connectivity index (χ1n) is 5.38. The fourth-order valence-electron chi connectivity index (χ4n) is 2.10. The summed E-state index contributed by atoms with van der Waals surface area (Å²) in [6.45, 7) is 3.35. The van der Waals surface area contributed by atoms with E-state index in [1.807, 2.05) is 6.26 Å². The lowest BCUT2D eigenvalue weighted by atomic mass is 9.82. The van der Waals surface area contributed by atoms with Crippen molar-refractivity contribution in [3.8, 4) is 0 Å². The molecular formula is C11H19NO.